The Balaban J connectivity index is 1.96. The average Bonchev–Trinajstić information content (AvgIpc) is 2.66. The van der Waals surface area contributed by atoms with E-state index in [1.807, 2.05) is 12.1 Å². The zero-order valence-electron chi connectivity index (χ0n) is 14.5. The highest BCUT2D eigenvalue weighted by Crippen LogP contribution is 2.22. The lowest BCUT2D eigenvalue weighted by Crippen LogP contribution is -2.41. The van der Waals surface area contributed by atoms with Gasteiger partial charge in [-0.3, -0.25) is 19.7 Å². The van der Waals surface area contributed by atoms with Crippen molar-refractivity contribution in [1.82, 2.24) is 14.9 Å². The maximum absolute atomic E-state index is 12.9. The number of Topliss-reactive ketones (excluding diaryl/α,β-unsaturated/α-hetero) is 1. The molecule has 3 rings (SSSR count). The van der Waals surface area contributed by atoms with Gasteiger partial charge in [-0.25, -0.2) is 4.79 Å². The van der Waals surface area contributed by atoms with Gasteiger partial charge in [0, 0.05) is 35.9 Å². The fourth-order valence-electron chi connectivity index (χ4n) is 2.71. The third-order valence-electron chi connectivity index (χ3n) is 3.88. The topological polar surface area (TPSA) is 72.4 Å². The van der Waals surface area contributed by atoms with E-state index in [2.05, 4.69) is 9.97 Å². The molecule has 1 aliphatic rings. The van der Waals surface area contributed by atoms with E-state index in [1.54, 1.807) is 56.0 Å². The summed E-state index contributed by atoms with van der Waals surface area (Å²) in [5, 5.41) is 0. The van der Waals surface area contributed by atoms with Gasteiger partial charge in [0.1, 0.15) is 0 Å². The Bertz CT molecular complexity index is 784. The molecule has 0 aliphatic carbocycles. The number of amides is 1. The van der Waals surface area contributed by atoms with Crippen molar-refractivity contribution in [1.29, 1.82) is 0 Å². The summed E-state index contributed by atoms with van der Waals surface area (Å²) in [6.45, 7) is 2.45. The number of hydrogen-bond donors (Lipinski definition) is 0. The van der Waals surface area contributed by atoms with E-state index in [0.717, 1.165) is 11.1 Å². The average molecular weight is 349 g/mol. The summed E-state index contributed by atoms with van der Waals surface area (Å²) < 4.78 is 5.11. The predicted octanol–water partition coefficient (Wildman–Crippen LogP) is 2.98. The minimum Gasteiger partial charge on any atom is -0.450 e. The highest BCUT2D eigenvalue weighted by Gasteiger charge is 2.29. The molecule has 0 atom stereocenters. The van der Waals surface area contributed by atoms with Crippen LogP contribution < -0.4 is 0 Å². The van der Waals surface area contributed by atoms with Crippen molar-refractivity contribution >= 4 is 24.0 Å². The Kier molecular flexibility index (Phi) is 5.53. The standard InChI is InChI=1S/C20H19N3O3/c1-2-26-20(25)23-13-17(9-15-5-3-7-21-11-15)19(24)18(14-23)10-16-6-4-8-22-12-16/h3-12H,2,13-14H2,1H3/b17-9-,18-10+. The lowest BCUT2D eigenvalue weighted by molar-refractivity contribution is -0.113. The van der Waals surface area contributed by atoms with E-state index in [0.29, 0.717) is 11.1 Å². The van der Waals surface area contributed by atoms with Crippen LogP contribution in [0.2, 0.25) is 0 Å². The number of pyridine rings is 2. The summed E-state index contributed by atoms with van der Waals surface area (Å²) in [5.74, 6) is -0.0849. The van der Waals surface area contributed by atoms with E-state index >= 15 is 0 Å². The van der Waals surface area contributed by atoms with Gasteiger partial charge < -0.3 is 4.74 Å². The maximum Gasteiger partial charge on any atom is 0.410 e. The van der Waals surface area contributed by atoms with Gasteiger partial charge in [0.05, 0.1) is 19.7 Å². The Morgan fingerprint density at radius 1 is 1.08 bits per heavy atom. The molecule has 6 nitrogen and oxygen atoms in total. The van der Waals surface area contributed by atoms with Gasteiger partial charge in [-0.1, -0.05) is 12.1 Å². The molecule has 1 amide bonds. The maximum atomic E-state index is 12.9. The first-order valence-electron chi connectivity index (χ1n) is 8.35. The van der Waals surface area contributed by atoms with E-state index in [9.17, 15) is 9.59 Å². The van der Waals surface area contributed by atoms with E-state index < -0.39 is 6.09 Å². The number of rotatable bonds is 3. The number of ether oxygens (including phenoxy) is 1. The summed E-state index contributed by atoms with van der Waals surface area (Å²) in [7, 11) is 0. The molecule has 0 saturated carbocycles. The zero-order valence-corrected chi connectivity index (χ0v) is 14.5. The molecule has 0 radical (unpaired) electrons. The molecule has 1 fully saturated rings. The summed E-state index contributed by atoms with van der Waals surface area (Å²) in [5.41, 5.74) is 2.66. The smallest absolute Gasteiger partial charge is 0.410 e. The van der Waals surface area contributed by atoms with E-state index in [4.69, 9.17) is 4.74 Å². The quantitative estimate of drug-likeness (QED) is 0.797. The summed E-state index contributed by atoms with van der Waals surface area (Å²) in [6, 6.07) is 7.33. The van der Waals surface area contributed by atoms with Crippen LogP contribution in [0.4, 0.5) is 4.79 Å². The zero-order chi connectivity index (χ0) is 18.4. The van der Waals surface area contributed by atoms with Crippen LogP contribution in [0.3, 0.4) is 0 Å². The molecular formula is C20H19N3O3. The molecule has 0 bridgehead atoms. The second-order valence-corrected chi connectivity index (χ2v) is 5.80. The van der Waals surface area contributed by atoms with Gasteiger partial charge in [-0.2, -0.15) is 0 Å². The first-order valence-corrected chi connectivity index (χ1v) is 8.35. The molecule has 3 heterocycles. The monoisotopic (exact) mass is 349 g/mol. The van der Waals surface area contributed by atoms with Gasteiger partial charge in [0.2, 0.25) is 0 Å². The van der Waals surface area contributed by atoms with Gasteiger partial charge >= 0.3 is 6.09 Å². The number of piperidine rings is 1. The fourth-order valence-corrected chi connectivity index (χ4v) is 2.71. The number of likely N-dealkylation sites (tertiary alicyclic amines) is 1. The minimum atomic E-state index is -0.436. The Morgan fingerprint density at radius 3 is 2.04 bits per heavy atom. The molecule has 1 aliphatic heterocycles. The third kappa shape index (κ3) is 4.22. The number of ketones is 1. The number of carbonyl (C=O) groups excluding carboxylic acids is 2. The molecular weight excluding hydrogens is 330 g/mol. The molecule has 2 aromatic rings. The molecule has 0 N–H and O–H groups in total. The number of hydrogen-bond acceptors (Lipinski definition) is 5. The van der Waals surface area contributed by atoms with Crippen molar-refractivity contribution in [2.24, 2.45) is 0 Å². The van der Waals surface area contributed by atoms with Crippen LogP contribution >= 0.6 is 0 Å². The second kappa shape index (κ2) is 8.20. The molecule has 132 valence electrons. The Hall–Kier alpha value is -3.28. The van der Waals surface area contributed by atoms with Crippen molar-refractivity contribution in [3.63, 3.8) is 0 Å². The van der Waals surface area contributed by atoms with Crippen molar-refractivity contribution in [3.05, 3.63) is 71.3 Å². The summed E-state index contributed by atoms with van der Waals surface area (Å²) >= 11 is 0. The Morgan fingerprint density at radius 2 is 1.62 bits per heavy atom. The lowest BCUT2D eigenvalue weighted by Gasteiger charge is -2.29. The van der Waals surface area contributed by atoms with Crippen LogP contribution in [-0.4, -0.2) is 46.4 Å². The van der Waals surface area contributed by atoms with Gasteiger partial charge in [-0.05, 0) is 42.3 Å². The third-order valence-corrected chi connectivity index (χ3v) is 3.88. The van der Waals surface area contributed by atoms with Crippen LogP contribution in [0.25, 0.3) is 12.2 Å². The minimum absolute atomic E-state index is 0.0849. The van der Waals surface area contributed by atoms with E-state index in [-0.39, 0.29) is 25.5 Å². The van der Waals surface area contributed by atoms with Crippen molar-refractivity contribution in [2.45, 2.75) is 6.92 Å². The van der Waals surface area contributed by atoms with Crippen LogP contribution in [-0.2, 0) is 9.53 Å². The number of nitrogens with zero attached hydrogens (tertiary/aromatic N) is 3. The fraction of sp³-hybridized carbons (Fsp3) is 0.200. The van der Waals surface area contributed by atoms with Crippen LogP contribution in [0.15, 0.2) is 60.2 Å². The number of carbonyl (C=O) groups is 2. The van der Waals surface area contributed by atoms with Gasteiger partial charge in [0.25, 0.3) is 0 Å². The first kappa shape index (κ1) is 17.5. The van der Waals surface area contributed by atoms with Crippen LogP contribution in [0.1, 0.15) is 18.1 Å². The molecule has 2 aromatic heterocycles. The summed E-state index contributed by atoms with van der Waals surface area (Å²) in [6.07, 6.45) is 9.78. The molecule has 26 heavy (non-hydrogen) atoms. The highest BCUT2D eigenvalue weighted by molar-refractivity contribution is 6.15. The van der Waals surface area contributed by atoms with Crippen molar-refractivity contribution in [3.8, 4) is 0 Å². The predicted molar refractivity (Wildman–Crippen MR) is 98.0 cm³/mol. The number of aromatic nitrogens is 2. The molecule has 1 saturated heterocycles. The lowest BCUT2D eigenvalue weighted by atomic mass is 9.95. The van der Waals surface area contributed by atoms with Crippen molar-refractivity contribution < 1.29 is 14.3 Å². The molecule has 0 aromatic carbocycles. The van der Waals surface area contributed by atoms with Crippen molar-refractivity contribution in [2.75, 3.05) is 19.7 Å². The summed E-state index contributed by atoms with van der Waals surface area (Å²) in [4.78, 5) is 34.8. The van der Waals surface area contributed by atoms with E-state index in [1.165, 1.54) is 4.90 Å². The second-order valence-electron chi connectivity index (χ2n) is 5.80. The molecule has 0 unspecified atom stereocenters. The first-order chi connectivity index (χ1) is 12.7. The van der Waals surface area contributed by atoms with Gasteiger partial charge in [-0.15, -0.1) is 0 Å². The highest BCUT2D eigenvalue weighted by atomic mass is 16.6. The SMILES string of the molecule is CCOC(=O)N1C/C(=C/c2cccnc2)C(=O)/C(=C/c2cccnc2)C1. The molecule has 0 spiro atoms. The van der Waals surface area contributed by atoms with Gasteiger partial charge in [0.15, 0.2) is 5.78 Å². The molecule has 6 heteroatoms. The van der Waals surface area contributed by atoms with Crippen LogP contribution in [0, 0.1) is 0 Å². The normalized spacial score (nSPS) is 17.6. The van der Waals surface area contributed by atoms with Crippen LogP contribution in [0.5, 0.6) is 0 Å². The Labute approximate surface area is 151 Å². The largest absolute Gasteiger partial charge is 0.450 e.